The second-order valence-corrected chi connectivity index (χ2v) is 6.41. The van der Waals surface area contributed by atoms with Crippen molar-refractivity contribution in [3.05, 3.63) is 33.9 Å². The molecular weight excluding hydrogens is 310 g/mol. The molecule has 7 heteroatoms. The van der Waals surface area contributed by atoms with E-state index < -0.39 is 0 Å². The van der Waals surface area contributed by atoms with Gasteiger partial charge in [-0.25, -0.2) is 0 Å². The van der Waals surface area contributed by atoms with Crippen LogP contribution in [-0.4, -0.2) is 61.0 Å². The van der Waals surface area contributed by atoms with Crippen LogP contribution in [0.5, 0.6) is 0 Å². The fourth-order valence-electron chi connectivity index (χ4n) is 3.57. The molecule has 3 rings (SSSR count). The minimum atomic E-state index is -0.389. The molecule has 0 aromatic heterocycles. The predicted octanol–water partition coefficient (Wildman–Crippen LogP) is 2.10. The van der Waals surface area contributed by atoms with Crippen LogP contribution in [0.2, 0.25) is 0 Å². The molecule has 1 atom stereocenters. The number of morpholine rings is 1. The SMILES string of the molecule is CC(=O)c1ccc(N2CCCC(N3CCOCC3)C2)c([N+](=O)[O-])c1. The fraction of sp³-hybridized carbons (Fsp3) is 0.588. The topological polar surface area (TPSA) is 75.9 Å². The van der Waals surface area contributed by atoms with Crippen LogP contribution in [-0.2, 0) is 4.74 Å². The molecule has 1 aromatic carbocycles. The summed E-state index contributed by atoms with van der Waals surface area (Å²) in [6.07, 6.45) is 2.11. The predicted molar refractivity (Wildman–Crippen MR) is 90.7 cm³/mol. The highest BCUT2D eigenvalue weighted by Crippen LogP contribution is 2.32. The fourth-order valence-corrected chi connectivity index (χ4v) is 3.57. The van der Waals surface area contributed by atoms with Crippen molar-refractivity contribution in [1.82, 2.24) is 4.90 Å². The van der Waals surface area contributed by atoms with Crippen LogP contribution in [0.25, 0.3) is 0 Å². The molecule has 2 saturated heterocycles. The van der Waals surface area contributed by atoms with Gasteiger partial charge in [0, 0.05) is 43.9 Å². The first kappa shape index (κ1) is 16.9. The summed E-state index contributed by atoms with van der Waals surface area (Å²) in [6, 6.07) is 5.20. The Balaban J connectivity index is 1.82. The number of nitro groups is 1. The van der Waals surface area contributed by atoms with Gasteiger partial charge in [0.05, 0.1) is 18.1 Å². The molecule has 0 aliphatic carbocycles. The maximum Gasteiger partial charge on any atom is 0.293 e. The lowest BCUT2D eigenvalue weighted by atomic mass is 10.0. The van der Waals surface area contributed by atoms with E-state index in [0.29, 0.717) is 17.3 Å². The monoisotopic (exact) mass is 333 g/mol. The van der Waals surface area contributed by atoms with E-state index in [4.69, 9.17) is 4.74 Å². The molecule has 0 bridgehead atoms. The summed E-state index contributed by atoms with van der Waals surface area (Å²) in [4.78, 5) is 27.1. The molecule has 24 heavy (non-hydrogen) atoms. The quantitative estimate of drug-likeness (QED) is 0.477. The van der Waals surface area contributed by atoms with E-state index in [-0.39, 0.29) is 16.4 Å². The highest BCUT2D eigenvalue weighted by molar-refractivity contribution is 5.95. The van der Waals surface area contributed by atoms with E-state index in [2.05, 4.69) is 9.80 Å². The Bertz CT molecular complexity index is 628. The molecule has 2 aliphatic heterocycles. The Kier molecular flexibility index (Phi) is 5.11. The van der Waals surface area contributed by atoms with Crippen molar-refractivity contribution in [2.75, 3.05) is 44.3 Å². The molecule has 130 valence electrons. The number of benzene rings is 1. The van der Waals surface area contributed by atoms with Crippen LogP contribution in [0.4, 0.5) is 11.4 Å². The number of nitro benzene ring substituents is 1. The Labute approximate surface area is 141 Å². The summed E-state index contributed by atoms with van der Waals surface area (Å²) >= 11 is 0. The molecule has 7 nitrogen and oxygen atoms in total. The van der Waals surface area contributed by atoms with E-state index in [1.807, 2.05) is 0 Å². The zero-order valence-electron chi connectivity index (χ0n) is 13.9. The standard InChI is InChI=1S/C17H23N3O4/c1-13(21)14-4-5-16(17(11-14)20(22)23)19-6-2-3-15(12-19)18-7-9-24-10-8-18/h4-5,11,15H,2-3,6-10,12H2,1H3. The first-order valence-corrected chi connectivity index (χ1v) is 8.42. The van der Waals surface area contributed by atoms with Crippen molar-refractivity contribution in [2.45, 2.75) is 25.8 Å². The van der Waals surface area contributed by atoms with E-state index in [1.165, 1.54) is 13.0 Å². The minimum absolute atomic E-state index is 0.0188. The summed E-state index contributed by atoms with van der Waals surface area (Å²) in [6.45, 7) is 6.36. The van der Waals surface area contributed by atoms with Crippen LogP contribution < -0.4 is 4.90 Å². The van der Waals surface area contributed by atoms with Crippen LogP contribution >= 0.6 is 0 Å². The molecule has 1 aromatic rings. The van der Waals surface area contributed by atoms with Gasteiger partial charge in [0.25, 0.3) is 5.69 Å². The van der Waals surface area contributed by atoms with Crippen LogP contribution in [0, 0.1) is 10.1 Å². The smallest absolute Gasteiger partial charge is 0.293 e. The molecule has 0 amide bonds. The molecular formula is C17H23N3O4. The molecule has 2 aliphatic rings. The van der Waals surface area contributed by atoms with Crippen molar-refractivity contribution in [3.8, 4) is 0 Å². The molecule has 0 N–H and O–H groups in total. The second kappa shape index (κ2) is 7.27. The molecule has 0 radical (unpaired) electrons. The zero-order chi connectivity index (χ0) is 17.1. The molecule has 2 heterocycles. The van der Waals surface area contributed by atoms with Gasteiger partial charge in [-0.05, 0) is 31.9 Å². The van der Waals surface area contributed by atoms with Gasteiger partial charge < -0.3 is 9.64 Å². The Morgan fingerprint density at radius 3 is 2.71 bits per heavy atom. The van der Waals surface area contributed by atoms with Gasteiger partial charge in [-0.15, -0.1) is 0 Å². The number of Topliss-reactive ketones (excluding diaryl/α,β-unsaturated/α-hetero) is 1. The molecule has 2 fully saturated rings. The maximum atomic E-state index is 11.5. The summed E-state index contributed by atoms with van der Waals surface area (Å²) < 4.78 is 5.41. The van der Waals surface area contributed by atoms with Crippen molar-refractivity contribution in [3.63, 3.8) is 0 Å². The lowest BCUT2D eigenvalue weighted by Gasteiger charge is -2.41. The van der Waals surface area contributed by atoms with Gasteiger partial charge in [-0.3, -0.25) is 19.8 Å². The largest absolute Gasteiger partial charge is 0.379 e. The van der Waals surface area contributed by atoms with E-state index >= 15 is 0 Å². The Hall–Kier alpha value is -1.99. The van der Waals surface area contributed by atoms with E-state index in [9.17, 15) is 14.9 Å². The molecule has 0 saturated carbocycles. The first-order chi connectivity index (χ1) is 11.6. The molecule has 1 unspecified atom stereocenters. The number of hydrogen-bond acceptors (Lipinski definition) is 6. The van der Waals surface area contributed by atoms with E-state index in [1.54, 1.807) is 12.1 Å². The highest BCUT2D eigenvalue weighted by atomic mass is 16.6. The highest BCUT2D eigenvalue weighted by Gasteiger charge is 2.29. The summed E-state index contributed by atoms with van der Waals surface area (Å²) in [5, 5.41) is 11.5. The number of piperidine rings is 1. The van der Waals surface area contributed by atoms with Gasteiger partial charge in [0.15, 0.2) is 5.78 Å². The first-order valence-electron chi connectivity index (χ1n) is 8.42. The van der Waals surface area contributed by atoms with Gasteiger partial charge in [-0.2, -0.15) is 0 Å². The summed E-state index contributed by atoms with van der Waals surface area (Å²) in [7, 11) is 0. The molecule has 0 spiro atoms. The number of hydrogen-bond donors (Lipinski definition) is 0. The van der Waals surface area contributed by atoms with Gasteiger partial charge in [0.1, 0.15) is 5.69 Å². The normalized spacial score (nSPS) is 22.4. The number of nitrogens with zero attached hydrogens (tertiary/aromatic N) is 3. The number of carbonyl (C=O) groups excluding carboxylic acids is 1. The number of anilines is 1. The zero-order valence-corrected chi connectivity index (χ0v) is 13.9. The third-order valence-electron chi connectivity index (χ3n) is 4.88. The third-order valence-corrected chi connectivity index (χ3v) is 4.88. The van der Waals surface area contributed by atoms with Crippen LogP contribution in [0.3, 0.4) is 0 Å². The minimum Gasteiger partial charge on any atom is -0.379 e. The summed E-state index contributed by atoms with van der Waals surface area (Å²) in [5.41, 5.74) is 1.01. The van der Waals surface area contributed by atoms with Crippen molar-refractivity contribution in [1.29, 1.82) is 0 Å². The third kappa shape index (κ3) is 3.57. The van der Waals surface area contributed by atoms with Crippen LogP contribution in [0.15, 0.2) is 18.2 Å². The van der Waals surface area contributed by atoms with E-state index in [0.717, 1.165) is 52.2 Å². The van der Waals surface area contributed by atoms with Crippen molar-refractivity contribution < 1.29 is 14.5 Å². The maximum absolute atomic E-state index is 11.5. The average Bonchev–Trinajstić information content (AvgIpc) is 2.62. The number of rotatable bonds is 4. The number of ether oxygens (including phenoxy) is 1. The van der Waals surface area contributed by atoms with Crippen LogP contribution in [0.1, 0.15) is 30.1 Å². The lowest BCUT2D eigenvalue weighted by molar-refractivity contribution is -0.384. The van der Waals surface area contributed by atoms with Gasteiger partial charge >= 0.3 is 0 Å². The number of ketones is 1. The Morgan fingerprint density at radius 1 is 1.29 bits per heavy atom. The Morgan fingerprint density at radius 2 is 2.04 bits per heavy atom. The lowest BCUT2D eigenvalue weighted by Crippen LogP contribution is -2.51. The van der Waals surface area contributed by atoms with Gasteiger partial charge in [0.2, 0.25) is 0 Å². The van der Waals surface area contributed by atoms with Gasteiger partial charge in [-0.1, -0.05) is 0 Å². The average molecular weight is 333 g/mol. The van der Waals surface area contributed by atoms with Crippen molar-refractivity contribution in [2.24, 2.45) is 0 Å². The van der Waals surface area contributed by atoms with Crippen molar-refractivity contribution >= 4 is 17.2 Å². The number of carbonyl (C=O) groups is 1. The summed E-state index contributed by atoms with van der Waals surface area (Å²) in [5.74, 6) is -0.158. The second-order valence-electron chi connectivity index (χ2n) is 6.41.